The largest absolute Gasteiger partial charge is 0.348 e. The molecule has 0 spiro atoms. The molecule has 0 bridgehead atoms. The number of amides is 1. The van der Waals surface area contributed by atoms with Crippen molar-refractivity contribution in [2.45, 2.75) is 32.7 Å². The van der Waals surface area contributed by atoms with Gasteiger partial charge in [0.05, 0.1) is 15.9 Å². The first-order valence-electron chi connectivity index (χ1n) is 11.7. The molecule has 0 unspecified atom stereocenters. The third-order valence-corrected chi connectivity index (χ3v) is 7.73. The molecular formula is C25H31N5OS. The number of carbonyl (C=O) groups excluding carboxylic acids is 1. The summed E-state index contributed by atoms with van der Waals surface area (Å²) in [5.41, 5.74) is 3.25. The average Bonchev–Trinajstić information content (AvgIpc) is 3.12. The minimum atomic E-state index is 0.144. The maximum absolute atomic E-state index is 13.3. The van der Waals surface area contributed by atoms with Gasteiger partial charge < -0.3 is 9.80 Å². The molecule has 0 N–H and O–H groups in total. The Bertz CT molecular complexity index is 1040. The molecule has 3 aromatic rings. The molecule has 168 valence electrons. The second-order valence-electron chi connectivity index (χ2n) is 8.95. The first kappa shape index (κ1) is 21.3. The lowest BCUT2D eigenvalue weighted by Crippen LogP contribution is -2.43. The third kappa shape index (κ3) is 4.79. The van der Waals surface area contributed by atoms with E-state index < -0.39 is 0 Å². The first-order valence-corrected chi connectivity index (χ1v) is 12.5. The molecule has 5 rings (SSSR count). The molecule has 1 amide bonds. The summed E-state index contributed by atoms with van der Waals surface area (Å²) in [6.07, 6.45) is 2.87. The lowest BCUT2D eigenvalue weighted by Gasteiger charge is -2.33. The number of thiazole rings is 1. The van der Waals surface area contributed by atoms with Crippen molar-refractivity contribution in [2.75, 3.05) is 44.2 Å². The molecule has 7 heteroatoms. The highest BCUT2D eigenvalue weighted by Gasteiger charge is 2.30. The van der Waals surface area contributed by atoms with Gasteiger partial charge in [-0.1, -0.05) is 29.5 Å². The van der Waals surface area contributed by atoms with Crippen LogP contribution in [0.4, 0.5) is 5.13 Å². The van der Waals surface area contributed by atoms with E-state index in [4.69, 9.17) is 4.98 Å². The van der Waals surface area contributed by atoms with Crippen molar-refractivity contribution in [3.05, 3.63) is 53.9 Å². The van der Waals surface area contributed by atoms with Crippen LogP contribution in [0.3, 0.4) is 0 Å². The first-order chi connectivity index (χ1) is 15.7. The molecule has 0 radical (unpaired) electrons. The maximum atomic E-state index is 13.3. The van der Waals surface area contributed by atoms with Gasteiger partial charge in [-0.2, -0.15) is 0 Å². The van der Waals surface area contributed by atoms with E-state index >= 15 is 0 Å². The van der Waals surface area contributed by atoms with Crippen LogP contribution in [0.25, 0.3) is 10.2 Å². The minimum absolute atomic E-state index is 0.144. The van der Waals surface area contributed by atoms with Crippen LogP contribution in [0.5, 0.6) is 0 Å². The quantitative estimate of drug-likeness (QED) is 0.604. The van der Waals surface area contributed by atoms with Crippen molar-refractivity contribution < 1.29 is 4.79 Å². The summed E-state index contributed by atoms with van der Waals surface area (Å²) in [5.74, 6) is 0.495. The topological polar surface area (TPSA) is 52.6 Å². The van der Waals surface area contributed by atoms with E-state index in [2.05, 4.69) is 50.0 Å². The number of nitrogens with zero attached hydrogens (tertiary/aromatic N) is 5. The number of fused-ring (bicyclic) bond motifs is 1. The van der Waals surface area contributed by atoms with E-state index in [0.29, 0.717) is 5.91 Å². The number of hydrogen-bond donors (Lipinski definition) is 0. The summed E-state index contributed by atoms with van der Waals surface area (Å²) in [4.78, 5) is 29.6. The number of anilines is 1. The van der Waals surface area contributed by atoms with Gasteiger partial charge in [-0.05, 0) is 50.5 Å². The second-order valence-corrected chi connectivity index (χ2v) is 9.96. The van der Waals surface area contributed by atoms with Crippen molar-refractivity contribution in [1.29, 1.82) is 0 Å². The summed E-state index contributed by atoms with van der Waals surface area (Å²) in [6.45, 7) is 8.36. The van der Waals surface area contributed by atoms with Crippen molar-refractivity contribution in [1.82, 2.24) is 19.8 Å². The normalized spacial score (nSPS) is 18.8. The molecule has 4 heterocycles. The van der Waals surface area contributed by atoms with E-state index in [1.54, 1.807) is 11.3 Å². The summed E-state index contributed by atoms with van der Waals surface area (Å²) in [7, 11) is 0. The van der Waals surface area contributed by atoms with Gasteiger partial charge in [0.1, 0.15) is 0 Å². The van der Waals surface area contributed by atoms with Gasteiger partial charge in [0, 0.05) is 57.4 Å². The monoisotopic (exact) mass is 449 g/mol. The lowest BCUT2D eigenvalue weighted by atomic mass is 9.95. The summed E-state index contributed by atoms with van der Waals surface area (Å²) >= 11 is 1.75. The van der Waals surface area contributed by atoms with Crippen LogP contribution in [0.1, 0.15) is 30.7 Å². The van der Waals surface area contributed by atoms with Crippen LogP contribution >= 0.6 is 11.3 Å². The van der Waals surface area contributed by atoms with Gasteiger partial charge in [0.15, 0.2) is 5.13 Å². The number of benzene rings is 1. The Kier molecular flexibility index (Phi) is 6.37. The number of hydrogen-bond acceptors (Lipinski definition) is 6. The molecule has 32 heavy (non-hydrogen) atoms. The molecule has 2 saturated heterocycles. The highest BCUT2D eigenvalue weighted by Crippen LogP contribution is 2.31. The zero-order valence-corrected chi connectivity index (χ0v) is 19.6. The van der Waals surface area contributed by atoms with Gasteiger partial charge in [0.25, 0.3) is 0 Å². The number of para-hydroxylation sites is 1. The third-order valence-electron chi connectivity index (χ3n) is 6.63. The second kappa shape index (κ2) is 9.55. The number of aromatic nitrogens is 2. The average molecular weight is 450 g/mol. The highest BCUT2D eigenvalue weighted by atomic mass is 32.1. The van der Waals surface area contributed by atoms with Gasteiger partial charge in [0.2, 0.25) is 5.91 Å². The number of aryl methyl sites for hydroxylation is 1. The van der Waals surface area contributed by atoms with E-state index in [1.807, 2.05) is 19.1 Å². The molecule has 6 nitrogen and oxygen atoms in total. The van der Waals surface area contributed by atoms with Crippen LogP contribution in [0, 0.1) is 12.8 Å². The minimum Gasteiger partial charge on any atom is -0.348 e. The number of pyridine rings is 1. The van der Waals surface area contributed by atoms with E-state index in [0.717, 1.165) is 87.1 Å². The Morgan fingerprint density at radius 1 is 0.969 bits per heavy atom. The molecular weight excluding hydrogens is 418 g/mol. The van der Waals surface area contributed by atoms with Crippen LogP contribution in [-0.4, -0.2) is 64.9 Å². The molecule has 2 aliphatic heterocycles. The van der Waals surface area contributed by atoms with E-state index in [9.17, 15) is 4.79 Å². The van der Waals surface area contributed by atoms with Gasteiger partial charge in [-0.15, -0.1) is 0 Å². The summed E-state index contributed by atoms with van der Waals surface area (Å²) in [6, 6.07) is 14.5. The SMILES string of the molecule is Cc1cccc(CN2CCCN(C(=O)C3CCN(c4nc5ccccc5s4)CC3)CC2)n1. The lowest BCUT2D eigenvalue weighted by molar-refractivity contribution is -0.136. The fourth-order valence-electron chi connectivity index (χ4n) is 4.84. The van der Waals surface area contributed by atoms with Crippen molar-refractivity contribution in [3.8, 4) is 0 Å². The Hall–Kier alpha value is -2.51. The molecule has 2 aliphatic rings. The van der Waals surface area contributed by atoms with Crippen LogP contribution in [-0.2, 0) is 11.3 Å². The molecule has 0 aliphatic carbocycles. The number of rotatable bonds is 4. The smallest absolute Gasteiger partial charge is 0.225 e. The summed E-state index contributed by atoms with van der Waals surface area (Å²) in [5, 5.41) is 1.09. The molecule has 0 atom stereocenters. The fourth-order valence-corrected chi connectivity index (χ4v) is 5.85. The molecule has 2 fully saturated rings. The fraction of sp³-hybridized carbons (Fsp3) is 0.480. The summed E-state index contributed by atoms with van der Waals surface area (Å²) < 4.78 is 1.23. The number of piperidine rings is 1. The van der Waals surface area contributed by atoms with E-state index in [-0.39, 0.29) is 5.92 Å². The zero-order chi connectivity index (χ0) is 21.9. The van der Waals surface area contributed by atoms with E-state index in [1.165, 1.54) is 4.70 Å². The predicted molar refractivity (Wildman–Crippen MR) is 130 cm³/mol. The van der Waals surface area contributed by atoms with Crippen molar-refractivity contribution in [3.63, 3.8) is 0 Å². The van der Waals surface area contributed by atoms with Crippen molar-refractivity contribution in [2.24, 2.45) is 5.92 Å². The van der Waals surface area contributed by atoms with Gasteiger partial charge in [-0.3, -0.25) is 14.7 Å². The highest BCUT2D eigenvalue weighted by molar-refractivity contribution is 7.22. The van der Waals surface area contributed by atoms with Crippen LogP contribution in [0.15, 0.2) is 42.5 Å². The van der Waals surface area contributed by atoms with Crippen molar-refractivity contribution >= 4 is 32.6 Å². The molecule has 0 saturated carbocycles. The Labute approximate surface area is 193 Å². The standard InChI is InChI=1S/C25H31N5OS/c1-19-6-4-7-21(26-19)18-28-12-5-13-29(17-16-28)24(31)20-10-14-30(15-11-20)25-27-22-8-2-3-9-23(22)32-25/h2-4,6-9,20H,5,10-18H2,1H3. The van der Waals surface area contributed by atoms with Crippen LogP contribution < -0.4 is 4.90 Å². The molecule has 2 aromatic heterocycles. The van der Waals surface area contributed by atoms with Gasteiger partial charge in [-0.25, -0.2) is 4.98 Å². The van der Waals surface area contributed by atoms with Gasteiger partial charge >= 0.3 is 0 Å². The predicted octanol–water partition coefficient (Wildman–Crippen LogP) is 3.95. The zero-order valence-electron chi connectivity index (χ0n) is 18.7. The Morgan fingerprint density at radius 3 is 2.62 bits per heavy atom. The van der Waals surface area contributed by atoms with Crippen LogP contribution in [0.2, 0.25) is 0 Å². The molecule has 1 aromatic carbocycles. The maximum Gasteiger partial charge on any atom is 0.225 e. The Morgan fingerprint density at radius 2 is 1.81 bits per heavy atom. The number of carbonyl (C=O) groups is 1. The Balaban J connectivity index is 1.14.